The summed E-state index contributed by atoms with van der Waals surface area (Å²) in [5.74, 6) is 1.56. The van der Waals surface area contributed by atoms with Gasteiger partial charge in [-0.3, -0.25) is 4.98 Å². The SMILES string of the molecule is COc1ccc(-c2nc(SCc3ccccn3)[nH]c2-c2ccc(Cl)cc2)cc1. The van der Waals surface area contributed by atoms with E-state index in [2.05, 4.69) is 9.97 Å². The summed E-state index contributed by atoms with van der Waals surface area (Å²) in [5.41, 5.74) is 4.93. The first kappa shape index (κ1) is 18.6. The van der Waals surface area contributed by atoms with Crippen LogP contribution in [0.25, 0.3) is 22.5 Å². The fraction of sp³-hybridized carbons (Fsp3) is 0.0909. The molecule has 140 valence electrons. The fourth-order valence-electron chi connectivity index (χ4n) is 2.83. The maximum absolute atomic E-state index is 6.06. The number of H-pyrrole nitrogens is 1. The van der Waals surface area contributed by atoms with E-state index in [9.17, 15) is 0 Å². The minimum absolute atomic E-state index is 0.707. The summed E-state index contributed by atoms with van der Waals surface area (Å²) in [6.07, 6.45) is 1.81. The lowest BCUT2D eigenvalue weighted by atomic mass is 10.1. The second-order valence-electron chi connectivity index (χ2n) is 6.11. The van der Waals surface area contributed by atoms with Gasteiger partial charge in [-0.2, -0.15) is 0 Å². The number of thioether (sulfide) groups is 1. The second-order valence-corrected chi connectivity index (χ2v) is 7.51. The minimum Gasteiger partial charge on any atom is -0.497 e. The molecule has 2 heterocycles. The normalized spacial score (nSPS) is 10.8. The molecule has 0 aliphatic carbocycles. The monoisotopic (exact) mass is 407 g/mol. The van der Waals surface area contributed by atoms with E-state index in [1.54, 1.807) is 25.1 Å². The number of nitrogens with zero attached hydrogens (tertiary/aromatic N) is 2. The number of aromatic amines is 1. The van der Waals surface area contributed by atoms with Gasteiger partial charge < -0.3 is 9.72 Å². The van der Waals surface area contributed by atoms with E-state index in [0.29, 0.717) is 5.02 Å². The molecule has 0 atom stereocenters. The van der Waals surface area contributed by atoms with Crippen LogP contribution in [0.5, 0.6) is 5.75 Å². The Labute approximate surface area is 173 Å². The van der Waals surface area contributed by atoms with Gasteiger partial charge in [0.05, 0.1) is 24.2 Å². The number of halogens is 1. The van der Waals surface area contributed by atoms with Crippen molar-refractivity contribution in [3.8, 4) is 28.3 Å². The molecule has 0 aliphatic rings. The van der Waals surface area contributed by atoms with Gasteiger partial charge in [0.25, 0.3) is 0 Å². The molecule has 28 heavy (non-hydrogen) atoms. The Balaban J connectivity index is 1.69. The summed E-state index contributed by atoms with van der Waals surface area (Å²) in [7, 11) is 1.66. The van der Waals surface area contributed by atoms with Crippen molar-refractivity contribution < 1.29 is 4.74 Å². The predicted octanol–water partition coefficient (Wildman–Crippen LogP) is 6.09. The number of rotatable bonds is 6. The first-order chi connectivity index (χ1) is 13.7. The molecule has 0 saturated heterocycles. The molecular formula is C22H18ClN3OS. The summed E-state index contributed by atoms with van der Waals surface area (Å²) in [5, 5.41) is 1.56. The van der Waals surface area contributed by atoms with Gasteiger partial charge in [-0.15, -0.1) is 0 Å². The molecule has 0 saturated carbocycles. The van der Waals surface area contributed by atoms with Crippen LogP contribution >= 0.6 is 23.4 Å². The van der Waals surface area contributed by atoms with Crippen molar-refractivity contribution >= 4 is 23.4 Å². The molecule has 4 aromatic rings. The summed E-state index contributed by atoms with van der Waals surface area (Å²) in [6.45, 7) is 0. The molecule has 0 fully saturated rings. The topological polar surface area (TPSA) is 50.8 Å². The molecule has 4 rings (SSSR count). The highest BCUT2D eigenvalue weighted by Crippen LogP contribution is 2.34. The number of aromatic nitrogens is 3. The van der Waals surface area contributed by atoms with E-state index in [0.717, 1.165) is 44.9 Å². The molecule has 0 spiro atoms. The summed E-state index contributed by atoms with van der Waals surface area (Å²) in [6, 6.07) is 21.6. The average molecular weight is 408 g/mol. The number of imidazole rings is 1. The molecule has 0 amide bonds. The first-order valence-electron chi connectivity index (χ1n) is 8.76. The summed E-state index contributed by atoms with van der Waals surface area (Å²) >= 11 is 7.69. The van der Waals surface area contributed by atoms with E-state index in [-0.39, 0.29) is 0 Å². The van der Waals surface area contributed by atoms with Gasteiger partial charge in [-0.25, -0.2) is 4.98 Å². The number of hydrogen-bond donors (Lipinski definition) is 1. The van der Waals surface area contributed by atoms with Crippen LogP contribution in [0.15, 0.2) is 78.1 Å². The van der Waals surface area contributed by atoms with Gasteiger partial charge in [0.1, 0.15) is 5.75 Å². The van der Waals surface area contributed by atoms with E-state index in [4.69, 9.17) is 21.3 Å². The molecule has 6 heteroatoms. The highest BCUT2D eigenvalue weighted by Gasteiger charge is 2.15. The van der Waals surface area contributed by atoms with Crippen LogP contribution < -0.4 is 4.74 Å². The number of methoxy groups -OCH3 is 1. The third-order valence-electron chi connectivity index (χ3n) is 4.26. The molecule has 4 nitrogen and oxygen atoms in total. The number of nitrogens with one attached hydrogen (secondary N) is 1. The van der Waals surface area contributed by atoms with Gasteiger partial charge >= 0.3 is 0 Å². The highest BCUT2D eigenvalue weighted by molar-refractivity contribution is 7.98. The van der Waals surface area contributed by atoms with Crippen LogP contribution in [0.2, 0.25) is 5.02 Å². The molecule has 2 aromatic heterocycles. The molecule has 0 unspecified atom stereocenters. The Morgan fingerprint density at radius 3 is 2.39 bits per heavy atom. The first-order valence-corrected chi connectivity index (χ1v) is 10.1. The van der Waals surface area contributed by atoms with E-state index < -0.39 is 0 Å². The molecular weight excluding hydrogens is 390 g/mol. The van der Waals surface area contributed by atoms with Gasteiger partial charge in [0.2, 0.25) is 0 Å². The Hall–Kier alpha value is -2.76. The van der Waals surface area contributed by atoms with Crippen LogP contribution in [0.1, 0.15) is 5.69 Å². The highest BCUT2D eigenvalue weighted by atomic mass is 35.5. The zero-order chi connectivity index (χ0) is 19.3. The van der Waals surface area contributed by atoms with Crippen LogP contribution in [-0.2, 0) is 5.75 Å². The Bertz CT molecular complexity index is 1050. The van der Waals surface area contributed by atoms with Crippen molar-refractivity contribution in [1.29, 1.82) is 0 Å². The van der Waals surface area contributed by atoms with E-state index in [1.807, 2.05) is 66.7 Å². The Morgan fingerprint density at radius 1 is 0.964 bits per heavy atom. The molecule has 0 radical (unpaired) electrons. The zero-order valence-corrected chi connectivity index (χ0v) is 16.8. The van der Waals surface area contributed by atoms with E-state index in [1.165, 1.54) is 0 Å². The smallest absolute Gasteiger partial charge is 0.166 e. The zero-order valence-electron chi connectivity index (χ0n) is 15.2. The quantitative estimate of drug-likeness (QED) is 0.393. The standard InChI is InChI=1S/C22H18ClN3OS/c1-27-19-11-7-16(8-12-19)21-20(15-5-9-17(23)10-6-15)25-22(26-21)28-14-18-4-2-3-13-24-18/h2-13H,14H2,1H3,(H,25,26). The maximum Gasteiger partial charge on any atom is 0.166 e. The predicted molar refractivity (Wildman–Crippen MR) is 115 cm³/mol. The lowest BCUT2D eigenvalue weighted by Crippen LogP contribution is -1.86. The number of benzene rings is 2. The van der Waals surface area contributed by atoms with Gasteiger partial charge in [0, 0.05) is 28.1 Å². The Kier molecular flexibility index (Phi) is 5.65. The largest absolute Gasteiger partial charge is 0.497 e. The molecule has 1 N–H and O–H groups in total. The second kappa shape index (κ2) is 8.50. The van der Waals surface area contributed by atoms with Crippen LogP contribution in [0.3, 0.4) is 0 Å². The van der Waals surface area contributed by atoms with Crippen molar-refractivity contribution in [2.75, 3.05) is 7.11 Å². The summed E-state index contributed by atoms with van der Waals surface area (Å²) in [4.78, 5) is 12.7. The van der Waals surface area contributed by atoms with Gasteiger partial charge in [-0.1, -0.05) is 41.6 Å². The number of hydrogen-bond acceptors (Lipinski definition) is 4. The third kappa shape index (κ3) is 4.21. The van der Waals surface area contributed by atoms with Gasteiger partial charge in [0.15, 0.2) is 5.16 Å². The van der Waals surface area contributed by atoms with Crippen molar-refractivity contribution in [2.24, 2.45) is 0 Å². The maximum atomic E-state index is 6.06. The van der Waals surface area contributed by atoms with Crippen LogP contribution in [-0.4, -0.2) is 22.1 Å². The number of ether oxygens (including phenoxy) is 1. The lowest BCUT2D eigenvalue weighted by Gasteiger charge is -2.05. The van der Waals surface area contributed by atoms with Gasteiger partial charge in [-0.05, 0) is 48.5 Å². The van der Waals surface area contributed by atoms with Crippen molar-refractivity contribution in [3.05, 3.63) is 83.6 Å². The minimum atomic E-state index is 0.707. The van der Waals surface area contributed by atoms with Crippen LogP contribution in [0, 0.1) is 0 Å². The van der Waals surface area contributed by atoms with Crippen LogP contribution in [0.4, 0.5) is 0 Å². The summed E-state index contributed by atoms with van der Waals surface area (Å²) < 4.78 is 5.27. The van der Waals surface area contributed by atoms with Crippen molar-refractivity contribution in [2.45, 2.75) is 10.9 Å². The third-order valence-corrected chi connectivity index (χ3v) is 5.42. The average Bonchev–Trinajstić information content (AvgIpc) is 3.18. The number of pyridine rings is 1. The fourth-order valence-corrected chi connectivity index (χ4v) is 3.74. The lowest BCUT2D eigenvalue weighted by molar-refractivity contribution is 0.415. The molecule has 0 aliphatic heterocycles. The molecule has 0 bridgehead atoms. The van der Waals surface area contributed by atoms with E-state index >= 15 is 0 Å². The van der Waals surface area contributed by atoms with Crippen molar-refractivity contribution in [1.82, 2.24) is 15.0 Å². The molecule has 2 aromatic carbocycles. The van der Waals surface area contributed by atoms with Crippen molar-refractivity contribution in [3.63, 3.8) is 0 Å². The Morgan fingerprint density at radius 2 is 1.71 bits per heavy atom.